The van der Waals surface area contributed by atoms with E-state index >= 15 is 0 Å². The van der Waals surface area contributed by atoms with Crippen molar-refractivity contribution in [2.45, 2.75) is 17.5 Å². The molecule has 1 N–H and O–H groups in total. The molecule has 0 bridgehead atoms. The molecule has 0 radical (unpaired) electrons. The Morgan fingerprint density at radius 2 is 1.74 bits per heavy atom. The van der Waals surface area contributed by atoms with Crippen molar-refractivity contribution < 1.29 is 37.5 Å². The standard InChI is InChI=1S/C34H28FN3O7S/c1-42-37-27(26-16-9-17-43-26)31(39)36-28-32(40)38-29(23(20-46-33(28)38)19-44-25-15-8-14-24(35)18-25)34(41)45-30(21-10-4-2-5-11-21)22-12-6-3-7-13-22/h2-18,28,30,33H,19-20H2,1H3,(H,36,39)/b37-27-/t28?,33-/m1/s1. The van der Waals surface area contributed by atoms with Crippen LogP contribution in [0.4, 0.5) is 4.39 Å². The Bertz CT molecular complexity index is 1740. The number of hydrogen-bond acceptors (Lipinski definition) is 9. The molecule has 4 aromatic rings. The SMILES string of the molecule is CO/N=C(\C(=O)NC1C(=O)N2C(C(=O)OC(c3ccccc3)c3ccccc3)=C(COc3cccc(F)c3)CS[C@H]12)c1ccco1. The molecule has 3 aromatic carbocycles. The van der Waals surface area contributed by atoms with Crippen LogP contribution in [0.25, 0.3) is 0 Å². The van der Waals surface area contributed by atoms with Crippen LogP contribution in [-0.2, 0) is 24.0 Å². The average molecular weight is 642 g/mol. The lowest BCUT2D eigenvalue weighted by atomic mass is 10.0. The van der Waals surface area contributed by atoms with Crippen molar-refractivity contribution in [1.29, 1.82) is 0 Å². The molecule has 0 aliphatic carbocycles. The van der Waals surface area contributed by atoms with E-state index in [9.17, 15) is 18.8 Å². The molecule has 1 unspecified atom stereocenters. The maximum Gasteiger partial charge on any atom is 0.356 e. The number of benzene rings is 3. The molecule has 1 aromatic heterocycles. The summed E-state index contributed by atoms with van der Waals surface area (Å²) in [5.74, 6) is -1.71. The number of halogens is 1. The van der Waals surface area contributed by atoms with E-state index in [-0.39, 0.29) is 35.3 Å². The van der Waals surface area contributed by atoms with E-state index in [1.807, 2.05) is 60.7 Å². The first-order valence-electron chi connectivity index (χ1n) is 14.3. The largest absolute Gasteiger partial charge is 0.489 e. The smallest absolute Gasteiger partial charge is 0.356 e. The van der Waals surface area contributed by atoms with Crippen LogP contribution in [0.3, 0.4) is 0 Å². The summed E-state index contributed by atoms with van der Waals surface area (Å²) >= 11 is 1.34. The maximum atomic E-state index is 14.1. The molecule has 1 fully saturated rings. The van der Waals surface area contributed by atoms with Gasteiger partial charge < -0.3 is 24.0 Å². The summed E-state index contributed by atoms with van der Waals surface area (Å²) in [6, 6.07) is 26.3. The predicted molar refractivity (Wildman–Crippen MR) is 167 cm³/mol. The van der Waals surface area contributed by atoms with E-state index < -0.39 is 41.1 Å². The van der Waals surface area contributed by atoms with E-state index in [0.717, 1.165) is 11.1 Å². The quantitative estimate of drug-likeness (QED) is 0.107. The van der Waals surface area contributed by atoms with Gasteiger partial charge >= 0.3 is 5.97 Å². The molecule has 2 aliphatic rings. The molecule has 0 spiro atoms. The van der Waals surface area contributed by atoms with Crippen LogP contribution < -0.4 is 10.1 Å². The van der Waals surface area contributed by atoms with Crippen LogP contribution in [0.2, 0.25) is 0 Å². The molecule has 6 rings (SSSR count). The van der Waals surface area contributed by atoms with Crippen molar-refractivity contribution in [3.05, 3.63) is 137 Å². The van der Waals surface area contributed by atoms with Crippen molar-refractivity contribution in [2.24, 2.45) is 5.16 Å². The first-order chi connectivity index (χ1) is 22.4. The van der Waals surface area contributed by atoms with E-state index in [1.54, 1.807) is 18.2 Å². The molecular formula is C34H28FN3O7S. The number of thioether (sulfide) groups is 1. The number of carbonyl (C=O) groups is 3. The van der Waals surface area contributed by atoms with Crippen LogP contribution in [0.5, 0.6) is 5.75 Å². The summed E-state index contributed by atoms with van der Waals surface area (Å²) in [4.78, 5) is 47.1. The summed E-state index contributed by atoms with van der Waals surface area (Å²) in [6.07, 6.45) is 0.615. The molecule has 2 amide bonds. The fraction of sp³-hybridized carbons (Fsp3) is 0.176. The first-order valence-corrected chi connectivity index (χ1v) is 15.3. The molecule has 3 heterocycles. The Kier molecular flexibility index (Phi) is 9.15. The molecule has 234 valence electrons. The van der Waals surface area contributed by atoms with Crippen LogP contribution in [0.15, 0.2) is 124 Å². The third-order valence-corrected chi connectivity index (χ3v) is 8.66. The highest BCUT2D eigenvalue weighted by molar-refractivity contribution is 8.00. The van der Waals surface area contributed by atoms with Gasteiger partial charge in [-0.3, -0.25) is 14.5 Å². The second kappa shape index (κ2) is 13.7. The Labute approximate surface area is 267 Å². The van der Waals surface area contributed by atoms with Crippen molar-refractivity contribution in [2.75, 3.05) is 19.5 Å². The zero-order valence-corrected chi connectivity index (χ0v) is 25.3. The summed E-state index contributed by atoms with van der Waals surface area (Å²) in [5, 5.41) is 5.84. The number of nitrogens with zero attached hydrogens (tertiary/aromatic N) is 2. The molecule has 0 saturated carbocycles. The maximum absolute atomic E-state index is 14.1. The number of ether oxygens (including phenoxy) is 2. The number of carbonyl (C=O) groups excluding carboxylic acids is 3. The van der Waals surface area contributed by atoms with Crippen molar-refractivity contribution in [3.8, 4) is 5.75 Å². The highest BCUT2D eigenvalue weighted by Crippen LogP contribution is 2.42. The molecular weight excluding hydrogens is 613 g/mol. The van der Waals surface area contributed by atoms with E-state index in [1.165, 1.54) is 48.2 Å². The van der Waals surface area contributed by atoms with Gasteiger partial charge in [-0.2, -0.15) is 0 Å². The van der Waals surface area contributed by atoms with Gasteiger partial charge in [0.25, 0.3) is 11.8 Å². The zero-order valence-electron chi connectivity index (χ0n) is 24.5. The third-order valence-electron chi connectivity index (χ3n) is 7.32. The van der Waals surface area contributed by atoms with Crippen molar-refractivity contribution >= 4 is 35.3 Å². The number of oxime groups is 1. The molecule has 2 aliphatic heterocycles. The van der Waals surface area contributed by atoms with Gasteiger partial charge in [0.2, 0.25) is 5.71 Å². The Morgan fingerprint density at radius 1 is 1.02 bits per heavy atom. The first kappa shape index (κ1) is 30.7. The highest BCUT2D eigenvalue weighted by atomic mass is 32.2. The fourth-order valence-corrected chi connectivity index (χ4v) is 6.50. The van der Waals surface area contributed by atoms with Crippen LogP contribution >= 0.6 is 11.8 Å². The molecule has 1 saturated heterocycles. The monoisotopic (exact) mass is 641 g/mol. The van der Waals surface area contributed by atoms with Gasteiger partial charge in [-0.05, 0) is 35.4 Å². The van der Waals surface area contributed by atoms with Gasteiger partial charge in [-0.25, -0.2) is 9.18 Å². The number of hydrogen-bond donors (Lipinski definition) is 1. The van der Waals surface area contributed by atoms with E-state index in [0.29, 0.717) is 5.57 Å². The summed E-state index contributed by atoms with van der Waals surface area (Å²) in [7, 11) is 1.29. The molecule has 12 heteroatoms. The summed E-state index contributed by atoms with van der Waals surface area (Å²) in [6.45, 7) is -0.0983. The van der Waals surface area contributed by atoms with Gasteiger partial charge in [0, 0.05) is 17.4 Å². The zero-order chi connectivity index (χ0) is 32.0. The van der Waals surface area contributed by atoms with Crippen LogP contribution in [0.1, 0.15) is 23.0 Å². The third kappa shape index (κ3) is 6.38. The van der Waals surface area contributed by atoms with Crippen molar-refractivity contribution in [3.63, 3.8) is 0 Å². The predicted octanol–water partition coefficient (Wildman–Crippen LogP) is 4.84. The average Bonchev–Trinajstić information content (AvgIpc) is 3.62. The number of furan rings is 1. The second-order valence-electron chi connectivity index (χ2n) is 10.3. The molecule has 10 nitrogen and oxygen atoms in total. The fourth-order valence-electron chi connectivity index (χ4n) is 5.17. The van der Waals surface area contributed by atoms with Gasteiger partial charge in [-0.15, -0.1) is 11.8 Å². The second-order valence-corrected chi connectivity index (χ2v) is 11.4. The number of nitrogens with one attached hydrogen (secondary N) is 1. The lowest BCUT2D eigenvalue weighted by molar-refractivity contribution is -0.154. The van der Waals surface area contributed by atoms with Crippen molar-refractivity contribution in [1.82, 2.24) is 10.2 Å². The summed E-state index contributed by atoms with van der Waals surface area (Å²) in [5.41, 5.74) is 1.83. The Hall–Kier alpha value is -5.36. The number of amides is 2. The molecule has 2 atom stereocenters. The van der Waals surface area contributed by atoms with Gasteiger partial charge in [-0.1, -0.05) is 71.9 Å². The number of esters is 1. The van der Waals surface area contributed by atoms with Gasteiger partial charge in [0.05, 0.1) is 6.26 Å². The van der Waals surface area contributed by atoms with Crippen LogP contribution in [0, 0.1) is 5.82 Å². The lowest BCUT2D eigenvalue weighted by Crippen LogP contribution is -2.71. The topological polar surface area (TPSA) is 120 Å². The normalized spacial score (nSPS) is 17.7. The number of β-lactam (4-membered cyclic amide) rings is 1. The minimum Gasteiger partial charge on any atom is -0.489 e. The molecule has 46 heavy (non-hydrogen) atoms. The van der Waals surface area contributed by atoms with Crippen LogP contribution in [-0.4, -0.2) is 59.3 Å². The van der Waals surface area contributed by atoms with Gasteiger partial charge in [0.1, 0.15) is 42.4 Å². The lowest BCUT2D eigenvalue weighted by Gasteiger charge is -2.49. The van der Waals surface area contributed by atoms with E-state index in [2.05, 4.69) is 10.5 Å². The highest BCUT2D eigenvalue weighted by Gasteiger charge is 2.55. The summed E-state index contributed by atoms with van der Waals surface area (Å²) < 4.78 is 31.1. The minimum absolute atomic E-state index is 0.0179. The Balaban J connectivity index is 1.29. The number of fused-ring (bicyclic) bond motifs is 1. The minimum atomic E-state index is -0.970. The van der Waals surface area contributed by atoms with Gasteiger partial charge in [0.15, 0.2) is 11.9 Å². The van der Waals surface area contributed by atoms with E-state index in [4.69, 9.17) is 18.7 Å². The Morgan fingerprint density at radius 3 is 2.37 bits per heavy atom. The number of rotatable bonds is 11.